The molecular weight excluding hydrogens is 140 g/mol. The van der Waals surface area contributed by atoms with E-state index < -0.39 is 0 Å². The average Bonchev–Trinajstić information content (AvgIpc) is 2.19. The van der Waals surface area contributed by atoms with Gasteiger partial charge in [0.25, 0.3) is 0 Å². The minimum Gasteiger partial charge on any atom is -0.260 e. The summed E-state index contributed by atoms with van der Waals surface area (Å²) in [7, 11) is 0. The molecule has 0 saturated carbocycles. The largest absolute Gasteiger partial charge is 0.260 e. The van der Waals surface area contributed by atoms with Crippen LogP contribution in [0.2, 0.25) is 0 Å². The minimum absolute atomic E-state index is 0.751. The molecule has 0 saturated heterocycles. The fourth-order valence-corrected chi connectivity index (χ4v) is 1.22. The second kappa shape index (κ2) is 3.06. The molecule has 0 fully saturated rings. The smallest absolute Gasteiger partial charge is 0.107 e. The Morgan fingerprint density at radius 2 is 2.75 bits per heavy atom. The lowest BCUT2D eigenvalue weighted by Crippen LogP contribution is -1.96. The summed E-state index contributed by atoms with van der Waals surface area (Å²) in [5, 5.41) is 3.01. The summed E-state index contributed by atoms with van der Waals surface area (Å²) in [6, 6.07) is 0. The van der Waals surface area contributed by atoms with E-state index in [9.17, 15) is 0 Å². The first-order valence-electron chi connectivity index (χ1n) is 2.19. The summed E-state index contributed by atoms with van der Waals surface area (Å²) in [4.78, 5) is 4.01. The zero-order valence-corrected chi connectivity index (χ0v) is 5.88. The maximum absolute atomic E-state index is 4.01. The summed E-state index contributed by atoms with van der Waals surface area (Å²) in [6.45, 7) is 0.751. The molecule has 1 rings (SSSR count). The Morgan fingerprint density at radius 1 is 1.88 bits per heavy atom. The Morgan fingerprint density at radius 3 is 3.25 bits per heavy atom. The maximum atomic E-state index is 4.01. The van der Waals surface area contributed by atoms with E-state index >= 15 is 0 Å². The van der Waals surface area contributed by atoms with Gasteiger partial charge in [0.2, 0.25) is 0 Å². The molecule has 0 unspecified atom stereocenters. The topological polar surface area (TPSA) is 24.9 Å². The molecular formula is C4H6N2S2. The van der Waals surface area contributed by atoms with Crippen LogP contribution in [0.5, 0.6) is 0 Å². The second-order valence-electron chi connectivity index (χ2n) is 1.26. The number of nitrogens with zero attached hydrogens (tertiary/aromatic N) is 1. The average molecular weight is 146 g/mol. The van der Waals surface area contributed by atoms with Crippen molar-refractivity contribution in [1.82, 2.24) is 9.71 Å². The second-order valence-corrected chi connectivity index (χ2v) is 2.56. The zero-order valence-electron chi connectivity index (χ0n) is 4.16. The first-order valence-corrected chi connectivity index (χ1v) is 3.51. The monoisotopic (exact) mass is 146 g/mol. The molecule has 0 aromatic carbocycles. The first-order chi connectivity index (χ1) is 3.93. The molecule has 0 amide bonds. The van der Waals surface area contributed by atoms with Crippen LogP contribution < -0.4 is 4.72 Å². The Labute approximate surface area is 57.5 Å². The van der Waals surface area contributed by atoms with E-state index in [0.717, 1.165) is 11.6 Å². The SMILES string of the molecule is SNCc1nccs1. The molecule has 1 N–H and O–H groups in total. The Balaban J connectivity index is 2.50. The van der Waals surface area contributed by atoms with Crippen molar-refractivity contribution in [3.63, 3.8) is 0 Å². The van der Waals surface area contributed by atoms with Crippen LogP contribution in [0.15, 0.2) is 11.6 Å². The van der Waals surface area contributed by atoms with Crippen molar-refractivity contribution in [3.05, 3.63) is 16.6 Å². The van der Waals surface area contributed by atoms with Crippen molar-refractivity contribution in [3.8, 4) is 0 Å². The number of hydrogen-bond acceptors (Lipinski definition) is 4. The Kier molecular flexibility index (Phi) is 2.32. The highest BCUT2D eigenvalue weighted by atomic mass is 32.1. The molecule has 0 aliphatic carbocycles. The fraction of sp³-hybridized carbons (Fsp3) is 0.250. The maximum Gasteiger partial charge on any atom is 0.107 e. The first kappa shape index (κ1) is 6.07. The number of thiol groups is 1. The van der Waals surface area contributed by atoms with Gasteiger partial charge in [-0.2, -0.15) is 0 Å². The number of thiazole rings is 1. The van der Waals surface area contributed by atoms with Gasteiger partial charge in [-0.25, -0.2) is 4.98 Å². The molecule has 44 valence electrons. The third-order valence-electron chi connectivity index (χ3n) is 0.714. The van der Waals surface area contributed by atoms with Crippen LogP contribution in [0.4, 0.5) is 0 Å². The van der Waals surface area contributed by atoms with Crippen molar-refractivity contribution in [1.29, 1.82) is 0 Å². The Hall–Kier alpha value is -0.0600. The van der Waals surface area contributed by atoms with Crippen molar-refractivity contribution in [2.45, 2.75) is 6.54 Å². The van der Waals surface area contributed by atoms with Gasteiger partial charge in [0.1, 0.15) is 5.01 Å². The van der Waals surface area contributed by atoms with Gasteiger partial charge in [0.05, 0.1) is 6.54 Å². The molecule has 8 heavy (non-hydrogen) atoms. The molecule has 1 heterocycles. The van der Waals surface area contributed by atoms with E-state index in [0.29, 0.717) is 0 Å². The lowest BCUT2D eigenvalue weighted by Gasteiger charge is -1.86. The highest BCUT2D eigenvalue weighted by Crippen LogP contribution is 2.02. The van der Waals surface area contributed by atoms with Gasteiger partial charge in [0.15, 0.2) is 0 Å². The van der Waals surface area contributed by atoms with Gasteiger partial charge in [-0.3, -0.25) is 4.72 Å². The van der Waals surface area contributed by atoms with Crippen LogP contribution in [-0.4, -0.2) is 4.98 Å². The van der Waals surface area contributed by atoms with Crippen molar-refractivity contribution in [2.24, 2.45) is 0 Å². The summed E-state index contributed by atoms with van der Waals surface area (Å²) in [6.07, 6.45) is 1.78. The summed E-state index contributed by atoms with van der Waals surface area (Å²) in [5.41, 5.74) is 0. The van der Waals surface area contributed by atoms with Crippen molar-refractivity contribution >= 4 is 24.2 Å². The third-order valence-corrected chi connectivity index (χ3v) is 1.65. The predicted molar refractivity (Wildman–Crippen MR) is 37.9 cm³/mol. The molecule has 0 atom stereocenters. The number of hydrogen-bond donors (Lipinski definition) is 2. The molecule has 4 heteroatoms. The van der Waals surface area contributed by atoms with Gasteiger partial charge in [-0.1, -0.05) is 12.8 Å². The predicted octanol–water partition coefficient (Wildman–Crippen LogP) is 1.08. The lowest BCUT2D eigenvalue weighted by molar-refractivity contribution is 0.964. The quantitative estimate of drug-likeness (QED) is 0.610. The molecule has 2 nitrogen and oxygen atoms in total. The zero-order chi connectivity index (χ0) is 5.82. The molecule has 0 aliphatic rings. The van der Waals surface area contributed by atoms with Crippen LogP contribution in [0.25, 0.3) is 0 Å². The standard InChI is InChI=1S/C4H6N2S2/c7-6-3-4-5-1-2-8-4/h1-2,6-7H,3H2. The van der Waals surface area contributed by atoms with Crippen molar-refractivity contribution < 1.29 is 0 Å². The molecule has 0 bridgehead atoms. The lowest BCUT2D eigenvalue weighted by atomic mass is 10.7. The molecule has 0 radical (unpaired) electrons. The number of rotatable bonds is 2. The van der Waals surface area contributed by atoms with Crippen LogP contribution in [0.3, 0.4) is 0 Å². The van der Waals surface area contributed by atoms with E-state index in [1.165, 1.54) is 0 Å². The van der Waals surface area contributed by atoms with E-state index in [1.807, 2.05) is 5.38 Å². The normalized spacial score (nSPS) is 9.62. The van der Waals surface area contributed by atoms with Crippen LogP contribution in [0, 0.1) is 0 Å². The number of aromatic nitrogens is 1. The summed E-state index contributed by atoms with van der Waals surface area (Å²) in [5.74, 6) is 0. The summed E-state index contributed by atoms with van der Waals surface area (Å²) >= 11 is 5.45. The number of nitrogens with one attached hydrogen (secondary N) is 1. The molecule has 0 spiro atoms. The molecule has 0 aliphatic heterocycles. The summed E-state index contributed by atoms with van der Waals surface area (Å²) < 4.78 is 2.71. The van der Waals surface area contributed by atoms with E-state index in [2.05, 4.69) is 22.5 Å². The highest BCUT2D eigenvalue weighted by Gasteiger charge is 1.88. The van der Waals surface area contributed by atoms with Gasteiger partial charge in [-0.15, -0.1) is 11.3 Å². The Bertz CT molecular complexity index is 138. The van der Waals surface area contributed by atoms with Gasteiger partial charge < -0.3 is 0 Å². The van der Waals surface area contributed by atoms with E-state index in [4.69, 9.17) is 0 Å². The van der Waals surface area contributed by atoms with Crippen LogP contribution in [0.1, 0.15) is 5.01 Å². The van der Waals surface area contributed by atoms with Crippen LogP contribution in [-0.2, 0) is 6.54 Å². The van der Waals surface area contributed by atoms with Crippen molar-refractivity contribution in [2.75, 3.05) is 0 Å². The van der Waals surface area contributed by atoms with E-state index in [1.54, 1.807) is 17.5 Å². The molecule has 1 aromatic rings. The van der Waals surface area contributed by atoms with Gasteiger partial charge >= 0.3 is 0 Å². The van der Waals surface area contributed by atoms with E-state index in [-0.39, 0.29) is 0 Å². The molecule has 1 aromatic heterocycles. The van der Waals surface area contributed by atoms with Gasteiger partial charge in [0, 0.05) is 11.6 Å². The highest BCUT2D eigenvalue weighted by molar-refractivity contribution is 7.78. The fourth-order valence-electron chi connectivity index (χ4n) is 0.408. The van der Waals surface area contributed by atoms with Crippen LogP contribution >= 0.6 is 24.2 Å². The van der Waals surface area contributed by atoms with Gasteiger partial charge in [-0.05, 0) is 0 Å². The minimum atomic E-state index is 0.751. The third kappa shape index (κ3) is 1.47.